The summed E-state index contributed by atoms with van der Waals surface area (Å²) in [4.78, 5) is 10.8. The Bertz CT molecular complexity index is 343. The Kier molecular flexibility index (Phi) is 6.99. The van der Waals surface area contributed by atoms with Gasteiger partial charge in [0.15, 0.2) is 13.2 Å². The van der Waals surface area contributed by atoms with Gasteiger partial charge in [-0.25, -0.2) is 0 Å². The van der Waals surface area contributed by atoms with Crippen LogP contribution in [0, 0.1) is 0 Å². The van der Waals surface area contributed by atoms with Gasteiger partial charge in [0.25, 0.3) is 0 Å². The molecule has 12 heteroatoms. The predicted octanol–water partition coefficient (Wildman–Crippen LogP) is 2.90. The summed E-state index contributed by atoms with van der Waals surface area (Å²) in [5.74, 6) is -0.976. The summed E-state index contributed by atoms with van der Waals surface area (Å²) in [6.07, 6.45) is -11.5. The fraction of sp³-hybridized carbons (Fsp3) is 0.875. The molecule has 0 bridgehead atoms. The zero-order valence-electron chi connectivity index (χ0n) is 10.1. The molecule has 0 spiro atoms. The highest BCUT2D eigenvalue weighted by Crippen LogP contribution is 2.50. The summed E-state index contributed by atoms with van der Waals surface area (Å²) in [7, 11) is -3.78. The first-order valence-corrected chi connectivity index (χ1v) is 6.68. The molecular formula is C8H11F6O5P. The Hall–Kier alpha value is -0.800. The molecule has 0 aliphatic rings. The number of esters is 1. The minimum absolute atomic E-state index is 0.705. The van der Waals surface area contributed by atoms with Crippen LogP contribution in [0.4, 0.5) is 26.3 Å². The summed E-state index contributed by atoms with van der Waals surface area (Å²) in [6, 6.07) is 0. The maximum atomic E-state index is 11.9. The molecule has 0 aromatic carbocycles. The van der Waals surface area contributed by atoms with Gasteiger partial charge in [-0.1, -0.05) is 0 Å². The lowest BCUT2D eigenvalue weighted by Crippen LogP contribution is -2.21. The molecule has 0 aliphatic heterocycles. The Balaban J connectivity index is 4.66. The number of halogens is 6. The molecule has 0 atom stereocenters. The van der Waals surface area contributed by atoms with E-state index in [1.807, 2.05) is 0 Å². The number of carbonyl (C=O) groups is 1. The molecule has 0 saturated heterocycles. The molecule has 0 N–H and O–H groups in total. The highest BCUT2D eigenvalue weighted by atomic mass is 31.2. The maximum absolute atomic E-state index is 11.9. The SMILES string of the molecule is COC(=O)CCP(=O)(OCC(F)(F)F)OCC(F)(F)F. The Morgan fingerprint density at radius 1 is 1.00 bits per heavy atom. The van der Waals surface area contributed by atoms with Crippen LogP contribution in [-0.2, 0) is 23.1 Å². The predicted molar refractivity (Wildman–Crippen MR) is 53.1 cm³/mol. The summed E-state index contributed by atoms with van der Waals surface area (Å²) in [5, 5.41) is 0. The van der Waals surface area contributed by atoms with Crippen molar-refractivity contribution < 1.29 is 49.5 Å². The van der Waals surface area contributed by atoms with Crippen molar-refractivity contribution in [2.75, 3.05) is 26.5 Å². The highest BCUT2D eigenvalue weighted by molar-refractivity contribution is 7.53. The Labute approximate surface area is 109 Å². The standard InChI is InChI=1S/C8H11F6O5P/c1-17-6(15)2-3-20(16,18-4-7(9,10)11)19-5-8(12,13)14/h2-5H2,1H3. The monoisotopic (exact) mass is 332 g/mol. The van der Waals surface area contributed by atoms with E-state index in [2.05, 4.69) is 13.8 Å². The van der Waals surface area contributed by atoms with Crippen LogP contribution in [0.3, 0.4) is 0 Å². The van der Waals surface area contributed by atoms with Gasteiger partial charge in [-0.05, 0) is 0 Å². The van der Waals surface area contributed by atoms with Crippen LogP contribution in [0.2, 0.25) is 0 Å². The molecular weight excluding hydrogens is 321 g/mol. The molecule has 0 unspecified atom stereocenters. The van der Waals surface area contributed by atoms with Crippen LogP contribution >= 0.6 is 7.60 Å². The summed E-state index contributed by atoms with van der Waals surface area (Å²) in [6.45, 7) is -4.10. The van der Waals surface area contributed by atoms with Crippen LogP contribution in [0.25, 0.3) is 0 Å². The van der Waals surface area contributed by atoms with Crippen molar-refractivity contribution in [1.29, 1.82) is 0 Å². The van der Waals surface area contributed by atoms with Crippen LogP contribution in [0.5, 0.6) is 0 Å². The van der Waals surface area contributed by atoms with Gasteiger partial charge in [0.05, 0.1) is 19.7 Å². The van der Waals surface area contributed by atoms with Crippen LogP contribution < -0.4 is 0 Å². The van der Waals surface area contributed by atoms with Crippen molar-refractivity contribution in [3.8, 4) is 0 Å². The highest BCUT2D eigenvalue weighted by Gasteiger charge is 2.38. The normalized spacial score (nSPS) is 13.3. The molecule has 0 rings (SSSR count). The van der Waals surface area contributed by atoms with E-state index < -0.39 is 51.7 Å². The second kappa shape index (κ2) is 7.28. The van der Waals surface area contributed by atoms with Crippen molar-refractivity contribution >= 4 is 13.6 Å². The van der Waals surface area contributed by atoms with Gasteiger partial charge >= 0.3 is 25.9 Å². The van der Waals surface area contributed by atoms with E-state index in [-0.39, 0.29) is 0 Å². The Morgan fingerprint density at radius 3 is 1.70 bits per heavy atom. The van der Waals surface area contributed by atoms with Gasteiger partial charge in [0, 0.05) is 0 Å². The molecule has 0 aromatic heterocycles. The molecule has 0 saturated carbocycles. The molecule has 0 aromatic rings. The van der Waals surface area contributed by atoms with Gasteiger partial charge in [0.2, 0.25) is 0 Å². The number of methoxy groups -OCH3 is 1. The number of hydrogen-bond donors (Lipinski definition) is 0. The van der Waals surface area contributed by atoms with Gasteiger partial charge in [-0.3, -0.25) is 18.4 Å². The first-order valence-electron chi connectivity index (χ1n) is 4.95. The Morgan fingerprint density at radius 2 is 1.40 bits per heavy atom. The van der Waals surface area contributed by atoms with Gasteiger partial charge in [0.1, 0.15) is 0 Å². The number of ether oxygens (including phenoxy) is 1. The fourth-order valence-corrected chi connectivity index (χ4v) is 2.32. The average Bonchev–Trinajstić information content (AvgIpc) is 2.30. The molecule has 0 aliphatic carbocycles. The van der Waals surface area contributed by atoms with Gasteiger partial charge in [-0.15, -0.1) is 0 Å². The minimum atomic E-state index is -4.90. The lowest BCUT2D eigenvalue weighted by Gasteiger charge is -2.19. The van der Waals surface area contributed by atoms with Gasteiger partial charge < -0.3 is 4.74 Å². The average molecular weight is 332 g/mol. The van der Waals surface area contributed by atoms with E-state index >= 15 is 0 Å². The topological polar surface area (TPSA) is 61.8 Å². The number of hydrogen-bond acceptors (Lipinski definition) is 5. The van der Waals surface area contributed by atoms with Crippen LogP contribution in [0.1, 0.15) is 6.42 Å². The maximum Gasteiger partial charge on any atom is 0.412 e. The molecule has 0 fully saturated rings. The van der Waals surface area contributed by atoms with E-state index in [0.29, 0.717) is 0 Å². The lowest BCUT2D eigenvalue weighted by molar-refractivity contribution is -0.165. The van der Waals surface area contributed by atoms with Crippen LogP contribution in [0.15, 0.2) is 0 Å². The third-order valence-electron chi connectivity index (χ3n) is 1.67. The zero-order valence-corrected chi connectivity index (χ0v) is 11.0. The van der Waals surface area contributed by atoms with Gasteiger partial charge in [-0.2, -0.15) is 26.3 Å². The first-order chi connectivity index (χ1) is 8.87. The number of carbonyl (C=O) groups excluding carboxylic acids is 1. The number of rotatable bonds is 7. The molecule has 0 amide bonds. The minimum Gasteiger partial charge on any atom is -0.469 e. The summed E-state index contributed by atoms with van der Waals surface area (Å²) in [5.41, 5.74) is 0. The van der Waals surface area contributed by atoms with E-state index in [0.717, 1.165) is 7.11 Å². The second-order valence-corrected chi connectivity index (χ2v) is 5.62. The van der Waals surface area contributed by atoms with Crippen molar-refractivity contribution in [3.63, 3.8) is 0 Å². The summed E-state index contributed by atoms with van der Waals surface area (Å²) >= 11 is 0. The number of alkyl halides is 6. The smallest absolute Gasteiger partial charge is 0.412 e. The van der Waals surface area contributed by atoms with E-state index in [9.17, 15) is 35.7 Å². The largest absolute Gasteiger partial charge is 0.469 e. The lowest BCUT2D eigenvalue weighted by atomic mass is 10.5. The third kappa shape index (κ3) is 10.0. The van der Waals surface area contributed by atoms with E-state index in [1.54, 1.807) is 0 Å². The second-order valence-electron chi connectivity index (χ2n) is 3.44. The summed E-state index contributed by atoms with van der Waals surface area (Å²) < 4.78 is 95.0. The quantitative estimate of drug-likeness (QED) is 0.408. The first kappa shape index (κ1) is 19.2. The zero-order chi connectivity index (χ0) is 16.0. The van der Waals surface area contributed by atoms with Crippen molar-refractivity contribution in [1.82, 2.24) is 0 Å². The van der Waals surface area contributed by atoms with Crippen molar-refractivity contribution in [3.05, 3.63) is 0 Å². The third-order valence-corrected chi connectivity index (χ3v) is 3.48. The molecule has 5 nitrogen and oxygen atoms in total. The van der Waals surface area contributed by atoms with E-state index in [4.69, 9.17) is 0 Å². The van der Waals surface area contributed by atoms with Crippen LogP contribution in [-0.4, -0.2) is 44.8 Å². The van der Waals surface area contributed by atoms with E-state index in [1.165, 1.54) is 0 Å². The fourth-order valence-electron chi connectivity index (χ4n) is 0.840. The molecule has 0 heterocycles. The molecule has 0 radical (unpaired) electrons. The van der Waals surface area contributed by atoms with Crippen molar-refractivity contribution in [2.45, 2.75) is 18.8 Å². The molecule has 120 valence electrons. The van der Waals surface area contributed by atoms with Crippen molar-refractivity contribution in [2.24, 2.45) is 0 Å². The molecule has 20 heavy (non-hydrogen) atoms.